The molecule has 1 heterocycles. The van der Waals surface area contributed by atoms with Crippen molar-refractivity contribution in [3.63, 3.8) is 0 Å². The minimum atomic E-state index is -3.94. The number of fused-ring (bicyclic) bond motifs is 1. The Morgan fingerprint density at radius 2 is 1.69 bits per heavy atom. The first-order chi connectivity index (χ1) is 12.5. The van der Waals surface area contributed by atoms with Crippen molar-refractivity contribution in [3.05, 3.63) is 77.4 Å². The van der Waals surface area contributed by atoms with Crippen molar-refractivity contribution in [2.45, 2.75) is 25.3 Å². The van der Waals surface area contributed by atoms with Crippen LogP contribution in [0.15, 0.2) is 71.3 Å². The second kappa shape index (κ2) is 6.70. The van der Waals surface area contributed by atoms with Crippen molar-refractivity contribution < 1.29 is 8.42 Å². The second-order valence-electron chi connectivity index (χ2n) is 6.74. The minimum Gasteiger partial charge on any atom is -0.210 e. The smallest absolute Gasteiger partial charge is 0.210 e. The van der Waals surface area contributed by atoms with Gasteiger partial charge in [0.2, 0.25) is 0 Å². The Labute approximate surface area is 154 Å². The predicted molar refractivity (Wildman–Crippen MR) is 103 cm³/mol. The molecule has 5 nitrogen and oxygen atoms in total. The molecule has 4 rings (SSSR count). The Morgan fingerprint density at radius 1 is 1.04 bits per heavy atom. The molecule has 0 unspecified atom stereocenters. The summed E-state index contributed by atoms with van der Waals surface area (Å²) in [7, 11) is -3.94. The Hall–Kier alpha value is -2.44. The van der Waals surface area contributed by atoms with E-state index in [4.69, 9.17) is 5.14 Å². The third-order valence-corrected chi connectivity index (χ3v) is 5.84. The van der Waals surface area contributed by atoms with Crippen LogP contribution in [0.5, 0.6) is 0 Å². The molecule has 2 N–H and O–H groups in total. The number of nitrogens with zero attached hydrogens (tertiary/aromatic N) is 2. The molecule has 2 aromatic rings. The summed E-state index contributed by atoms with van der Waals surface area (Å²) in [5.41, 5.74) is 3.96. The molecule has 1 fully saturated rings. The van der Waals surface area contributed by atoms with E-state index in [1.165, 1.54) is 0 Å². The zero-order chi connectivity index (χ0) is 18.1. The van der Waals surface area contributed by atoms with Crippen LogP contribution >= 0.6 is 0 Å². The molecule has 2 aliphatic rings. The highest BCUT2D eigenvalue weighted by Crippen LogP contribution is 2.44. The average molecular weight is 367 g/mol. The van der Waals surface area contributed by atoms with Gasteiger partial charge in [0.1, 0.15) is 0 Å². The van der Waals surface area contributed by atoms with Crippen molar-refractivity contribution in [2.75, 3.05) is 0 Å². The molecule has 1 aliphatic heterocycles. The third-order valence-electron chi connectivity index (χ3n) is 5.01. The lowest BCUT2D eigenvalue weighted by atomic mass is 9.78. The van der Waals surface area contributed by atoms with E-state index in [-0.39, 0.29) is 12.0 Å². The van der Waals surface area contributed by atoms with Crippen LogP contribution in [0.1, 0.15) is 36.4 Å². The molecule has 134 valence electrons. The van der Waals surface area contributed by atoms with Crippen LogP contribution in [-0.2, 0) is 10.2 Å². The molecule has 6 heteroatoms. The van der Waals surface area contributed by atoms with E-state index in [1.807, 2.05) is 60.7 Å². The van der Waals surface area contributed by atoms with Crippen LogP contribution in [0.25, 0.3) is 6.08 Å². The molecule has 0 radical (unpaired) electrons. The number of hydrazone groups is 1. The summed E-state index contributed by atoms with van der Waals surface area (Å²) in [6.07, 6.45) is 4.91. The molecule has 0 spiro atoms. The lowest BCUT2D eigenvalue weighted by Gasteiger charge is -2.29. The van der Waals surface area contributed by atoms with E-state index in [9.17, 15) is 8.42 Å². The summed E-state index contributed by atoms with van der Waals surface area (Å²) in [5.74, 6) is 0.0273. The molecular formula is C20H21N3O2S. The quantitative estimate of drug-likeness (QED) is 0.902. The first kappa shape index (κ1) is 17.0. The normalized spacial score (nSPS) is 24.4. The van der Waals surface area contributed by atoms with Gasteiger partial charge in [0.25, 0.3) is 0 Å². The summed E-state index contributed by atoms with van der Waals surface area (Å²) in [6, 6.07) is 19.3. The second-order valence-corrected chi connectivity index (χ2v) is 8.14. The largest absolute Gasteiger partial charge is 0.314 e. The summed E-state index contributed by atoms with van der Waals surface area (Å²) in [5, 5.41) is 9.98. The standard InChI is InChI=1S/C20H21N3O2S/c21-26(24,25)23-20(16-10-5-2-6-11-16)18-13-7-12-17(19(18)22-23)14-15-8-3-1-4-9-15/h1-6,8-11,14,18,20H,7,12-13H2,(H2,21,24,25)/b17-14+/t18-,20+/m0/s1. The van der Waals surface area contributed by atoms with Crippen LogP contribution in [0, 0.1) is 5.92 Å². The van der Waals surface area contributed by atoms with Gasteiger partial charge in [-0.3, -0.25) is 0 Å². The molecule has 0 aromatic heterocycles. The Bertz CT molecular complexity index is 953. The molecule has 1 aliphatic carbocycles. The van der Waals surface area contributed by atoms with Gasteiger partial charge in [-0.25, -0.2) is 5.14 Å². The molecule has 26 heavy (non-hydrogen) atoms. The highest BCUT2D eigenvalue weighted by Gasteiger charge is 2.44. The molecular weight excluding hydrogens is 346 g/mol. The summed E-state index contributed by atoms with van der Waals surface area (Å²) >= 11 is 0. The van der Waals surface area contributed by atoms with Gasteiger partial charge in [-0.2, -0.15) is 17.9 Å². The topological polar surface area (TPSA) is 75.8 Å². The number of nitrogens with two attached hydrogens (primary N) is 1. The summed E-state index contributed by atoms with van der Waals surface area (Å²) < 4.78 is 25.5. The fraction of sp³-hybridized carbons (Fsp3) is 0.250. The van der Waals surface area contributed by atoms with Gasteiger partial charge >= 0.3 is 10.2 Å². The van der Waals surface area contributed by atoms with Crippen molar-refractivity contribution >= 4 is 22.0 Å². The number of rotatable bonds is 3. The van der Waals surface area contributed by atoms with Gasteiger partial charge in [0.15, 0.2) is 0 Å². The van der Waals surface area contributed by atoms with Gasteiger partial charge in [0.05, 0.1) is 11.8 Å². The van der Waals surface area contributed by atoms with Gasteiger partial charge in [-0.1, -0.05) is 60.7 Å². The average Bonchev–Trinajstić information content (AvgIpc) is 3.04. The van der Waals surface area contributed by atoms with Crippen LogP contribution in [0.3, 0.4) is 0 Å². The highest BCUT2D eigenvalue weighted by atomic mass is 32.2. The SMILES string of the molecule is NS(=O)(=O)N1N=C2/C(=C/c3ccccc3)CCC[C@@H]2[C@H]1c1ccccc1. The van der Waals surface area contributed by atoms with Crippen molar-refractivity contribution in [1.29, 1.82) is 0 Å². The van der Waals surface area contributed by atoms with Crippen molar-refractivity contribution in [2.24, 2.45) is 16.2 Å². The van der Waals surface area contributed by atoms with E-state index >= 15 is 0 Å². The number of hydrogen-bond donors (Lipinski definition) is 1. The maximum Gasteiger partial charge on any atom is 0.314 e. The zero-order valence-corrected chi connectivity index (χ0v) is 15.1. The Morgan fingerprint density at radius 3 is 2.35 bits per heavy atom. The van der Waals surface area contributed by atoms with Gasteiger partial charge < -0.3 is 0 Å². The zero-order valence-electron chi connectivity index (χ0n) is 14.3. The van der Waals surface area contributed by atoms with E-state index in [0.29, 0.717) is 0 Å². The fourth-order valence-electron chi connectivity index (χ4n) is 3.91. The van der Waals surface area contributed by atoms with E-state index in [1.54, 1.807) is 0 Å². The predicted octanol–water partition coefficient (Wildman–Crippen LogP) is 3.49. The Balaban J connectivity index is 1.78. The Kier molecular flexibility index (Phi) is 4.38. The van der Waals surface area contributed by atoms with E-state index < -0.39 is 10.2 Å². The first-order valence-electron chi connectivity index (χ1n) is 8.75. The van der Waals surface area contributed by atoms with Crippen LogP contribution in [0.2, 0.25) is 0 Å². The molecule has 1 saturated carbocycles. The highest BCUT2D eigenvalue weighted by molar-refractivity contribution is 7.86. The van der Waals surface area contributed by atoms with Gasteiger partial charge in [0, 0.05) is 5.92 Å². The summed E-state index contributed by atoms with van der Waals surface area (Å²) in [6.45, 7) is 0. The van der Waals surface area contributed by atoms with Crippen molar-refractivity contribution in [3.8, 4) is 0 Å². The maximum atomic E-state index is 12.2. The van der Waals surface area contributed by atoms with Crippen LogP contribution in [-0.4, -0.2) is 18.5 Å². The number of allylic oxidation sites excluding steroid dienone is 1. The van der Waals surface area contributed by atoms with Gasteiger partial charge in [-0.05, 0) is 42.0 Å². The lowest BCUT2D eigenvalue weighted by molar-refractivity contribution is 0.311. The van der Waals surface area contributed by atoms with E-state index in [0.717, 1.165) is 46.1 Å². The monoisotopic (exact) mass is 367 g/mol. The minimum absolute atomic E-state index is 0.0273. The fourth-order valence-corrected chi connectivity index (χ4v) is 4.69. The molecule has 0 saturated heterocycles. The lowest BCUT2D eigenvalue weighted by Crippen LogP contribution is -2.35. The third kappa shape index (κ3) is 3.18. The maximum absolute atomic E-state index is 12.2. The van der Waals surface area contributed by atoms with Crippen LogP contribution < -0.4 is 5.14 Å². The molecule has 0 bridgehead atoms. The molecule has 2 aromatic carbocycles. The van der Waals surface area contributed by atoms with Crippen LogP contribution in [0.4, 0.5) is 0 Å². The number of benzene rings is 2. The van der Waals surface area contributed by atoms with Gasteiger partial charge in [-0.15, -0.1) is 0 Å². The molecule has 0 amide bonds. The molecule has 2 atom stereocenters. The number of hydrogen-bond acceptors (Lipinski definition) is 3. The summed E-state index contributed by atoms with van der Waals surface area (Å²) in [4.78, 5) is 0. The first-order valence-corrected chi connectivity index (χ1v) is 10.3. The van der Waals surface area contributed by atoms with Crippen molar-refractivity contribution in [1.82, 2.24) is 4.41 Å². The van der Waals surface area contributed by atoms with E-state index in [2.05, 4.69) is 11.2 Å².